The predicted octanol–water partition coefficient (Wildman–Crippen LogP) is 3.53. The van der Waals surface area contributed by atoms with Crippen molar-refractivity contribution in [2.45, 2.75) is 18.2 Å². The number of esters is 1. The summed E-state index contributed by atoms with van der Waals surface area (Å²) in [5.74, 6) is 0.0916. The molecule has 1 aliphatic rings. The number of sulfonamides is 1. The number of hydrogen-bond acceptors (Lipinski definition) is 5. The van der Waals surface area contributed by atoms with Gasteiger partial charge in [0.1, 0.15) is 25.5 Å². The number of ether oxygens (including phenoxy) is 2. The topological polar surface area (TPSA) is 72.9 Å². The molecule has 0 aromatic heterocycles. The summed E-state index contributed by atoms with van der Waals surface area (Å²) in [6, 6.07) is 18.2. The van der Waals surface area contributed by atoms with Gasteiger partial charge < -0.3 is 9.47 Å². The third-order valence-corrected chi connectivity index (χ3v) is 6.68. The normalized spacial score (nSPS) is 14.2. The highest BCUT2D eigenvalue weighted by Gasteiger charge is 2.36. The predicted molar refractivity (Wildman–Crippen MR) is 111 cm³/mol. The summed E-state index contributed by atoms with van der Waals surface area (Å²) in [5.41, 5.74) is 1.66. The monoisotopic (exact) mass is 411 g/mol. The Bertz CT molecular complexity index is 1170. The number of hydrogen-bond donors (Lipinski definition) is 0. The molecule has 0 amide bonds. The lowest BCUT2D eigenvalue weighted by molar-refractivity contribution is -0.142. The summed E-state index contributed by atoms with van der Waals surface area (Å²) >= 11 is 0. The molecule has 1 heterocycles. The van der Waals surface area contributed by atoms with Crippen LogP contribution in [0.4, 0.5) is 5.69 Å². The molecule has 6 nitrogen and oxygen atoms in total. The average molecular weight is 411 g/mol. The van der Waals surface area contributed by atoms with Crippen molar-refractivity contribution in [1.82, 2.24) is 0 Å². The second-order valence-corrected chi connectivity index (χ2v) is 8.54. The highest BCUT2D eigenvalue weighted by Crippen LogP contribution is 2.41. The number of nitrogens with zero attached hydrogens (tertiary/aromatic N) is 1. The quantitative estimate of drug-likeness (QED) is 0.439. The van der Waals surface area contributed by atoms with Crippen molar-refractivity contribution in [3.8, 4) is 5.75 Å². The van der Waals surface area contributed by atoms with Crippen molar-refractivity contribution < 1.29 is 22.7 Å². The van der Waals surface area contributed by atoms with Crippen LogP contribution in [0, 0.1) is 0 Å². The second kappa shape index (κ2) is 7.75. The molecule has 0 saturated carbocycles. The van der Waals surface area contributed by atoms with Gasteiger partial charge in [0.15, 0.2) is 0 Å². The second-order valence-electron chi connectivity index (χ2n) is 6.71. The number of aryl methyl sites for hydroxylation is 1. The summed E-state index contributed by atoms with van der Waals surface area (Å²) in [7, 11) is -3.77. The molecule has 0 aliphatic carbocycles. The summed E-state index contributed by atoms with van der Waals surface area (Å²) in [5, 5.41) is 1.46. The van der Waals surface area contributed by atoms with Crippen molar-refractivity contribution in [1.29, 1.82) is 0 Å². The maximum absolute atomic E-state index is 12.9. The molecule has 29 heavy (non-hydrogen) atoms. The fourth-order valence-electron chi connectivity index (χ4n) is 3.46. The Hall–Kier alpha value is -3.06. The molecule has 0 radical (unpaired) electrons. The van der Waals surface area contributed by atoms with E-state index in [1.54, 1.807) is 24.3 Å². The molecule has 3 aromatic rings. The van der Waals surface area contributed by atoms with Gasteiger partial charge in [-0.2, -0.15) is 0 Å². The fraction of sp³-hybridized carbons (Fsp3) is 0.227. The first-order valence-electron chi connectivity index (χ1n) is 9.42. The van der Waals surface area contributed by atoms with Gasteiger partial charge in [-0.3, -0.25) is 9.10 Å². The van der Waals surface area contributed by atoms with Crippen molar-refractivity contribution in [2.24, 2.45) is 0 Å². The number of anilines is 1. The minimum absolute atomic E-state index is 0.0419. The SMILES string of the molecule is CCc1cccc(OCCOC(=O)CN2c3cccc4cccc(c34)S2(=O)=O)c1. The third kappa shape index (κ3) is 3.65. The lowest BCUT2D eigenvalue weighted by Gasteiger charge is -2.17. The van der Waals surface area contributed by atoms with Crippen LogP contribution >= 0.6 is 0 Å². The maximum atomic E-state index is 12.9. The highest BCUT2D eigenvalue weighted by atomic mass is 32.2. The molecule has 0 spiro atoms. The van der Waals surface area contributed by atoms with Crippen molar-refractivity contribution in [3.05, 3.63) is 66.2 Å². The van der Waals surface area contributed by atoms with E-state index in [1.165, 1.54) is 0 Å². The minimum atomic E-state index is -3.77. The first kappa shape index (κ1) is 19.3. The smallest absolute Gasteiger partial charge is 0.326 e. The Labute approximate surface area is 169 Å². The van der Waals surface area contributed by atoms with Crippen molar-refractivity contribution in [2.75, 3.05) is 24.1 Å². The molecular weight excluding hydrogens is 390 g/mol. The first-order chi connectivity index (χ1) is 14.0. The van der Waals surface area contributed by atoms with Crippen LogP contribution in [0.25, 0.3) is 10.8 Å². The van der Waals surface area contributed by atoms with Crippen LogP contribution in [-0.4, -0.2) is 34.1 Å². The molecule has 0 fully saturated rings. The summed E-state index contributed by atoms with van der Waals surface area (Å²) in [6.45, 7) is 1.93. The van der Waals surface area contributed by atoms with Crippen LogP contribution in [-0.2, 0) is 26.0 Å². The summed E-state index contributed by atoms with van der Waals surface area (Å²) in [6.07, 6.45) is 0.908. The molecule has 0 N–H and O–H groups in total. The number of rotatable bonds is 7. The molecule has 0 bridgehead atoms. The molecule has 0 saturated heterocycles. The average Bonchev–Trinajstić information content (AvgIpc) is 2.95. The van der Waals surface area contributed by atoms with Crippen LogP contribution in [0.3, 0.4) is 0 Å². The molecular formula is C22H21NO5S. The van der Waals surface area contributed by atoms with Crippen molar-refractivity contribution >= 4 is 32.5 Å². The van der Waals surface area contributed by atoms with E-state index in [2.05, 4.69) is 6.92 Å². The molecule has 4 rings (SSSR count). The van der Waals surface area contributed by atoms with Gasteiger partial charge >= 0.3 is 5.97 Å². The third-order valence-electron chi connectivity index (χ3n) is 4.88. The number of carbonyl (C=O) groups is 1. The largest absolute Gasteiger partial charge is 0.490 e. The van der Waals surface area contributed by atoms with Gasteiger partial charge in [0, 0.05) is 5.39 Å². The van der Waals surface area contributed by atoms with Gasteiger partial charge in [0.2, 0.25) is 0 Å². The maximum Gasteiger partial charge on any atom is 0.326 e. The Morgan fingerprint density at radius 3 is 2.55 bits per heavy atom. The summed E-state index contributed by atoms with van der Waals surface area (Å²) in [4.78, 5) is 12.5. The molecule has 7 heteroatoms. The lowest BCUT2D eigenvalue weighted by atomic mass is 10.1. The Morgan fingerprint density at radius 2 is 1.76 bits per heavy atom. The standard InChI is InChI=1S/C22H21NO5S/c1-2-16-6-3-9-18(14-16)27-12-13-28-21(24)15-23-19-10-4-7-17-8-5-11-20(22(17)19)29(23,25)26/h3-11,14H,2,12-13,15H2,1H3. The Kier molecular flexibility index (Phi) is 5.15. The Balaban J connectivity index is 1.38. The fourth-order valence-corrected chi connectivity index (χ4v) is 5.12. The van der Waals surface area contributed by atoms with Crippen LogP contribution in [0.5, 0.6) is 5.75 Å². The molecule has 150 valence electrons. The lowest BCUT2D eigenvalue weighted by Crippen LogP contribution is -2.34. The van der Waals surface area contributed by atoms with Gasteiger partial charge in [-0.1, -0.05) is 43.3 Å². The van der Waals surface area contributed by atoms with Gasteiger partial charge in [-0.05, 0) is 41.6 Å². The molecule has 0 unspecified atom stereocenters. The first-order valence-corrected chi connectivity index (χ1v) is 10.9. The van der Waals surface area contributed by atoms with E-state index < -0.39 is 16.0 Å². The van der Waals surface area contributed by atoms with E-state index in [0.29, 0.717) is 16.8 Å². The van der Waals surface area contributed by atoms with Crippen LogP contribution < -0.4 is 9.04 Å². The zero-order valence-electron chi connectivity index (χ0n) is 16.0. The van der Waals surface area contributed by atoms with Crippen LogP contribution in [0.15, 0.2) is 65.6 Å². The zero-order chi connectivity index (χ0) is 20.4. The molecule has 0 atom stereocenters. The van der Waals surface area contributed by atoms with Gasteiger partial charge in [0.05, 0.1) is 10.6 Å². The zero-order valence-corrected chi connectivity index (χ0v) is 16.8. The highest BCUT2D eigenvalue weighted by molar-refractivity contribution is 7.93. The number of carbonyl (C=O) groups excluding carboxylic acids is 1. The van der Waals surface area contributed by atoms with E-state index in [0.717, 1.165) is 21.7 Å². The van der Waals surface area contributed by atoms with E-state index in [1.807, 2.05) is 36.4 Å². The van der Waals surface area contributed by atoms with E-state index >= 15 is 0 Å². The minimum Gasteiger partial charge on any atom is -0.490 e. The molecule has 1 aliphatic heterocycles. The Morgan fingerprint density at radius 1 is 1.00 bits per heavy atom. The van der Waals surface area contributed by atoms with E-state index in [9.17, 15) is 13.2 Å². The van der Waals surface area contributed by atoms with Crippen LogP contribution in [0.2, 0.25) is 0 Å². The van der Waals surface area contributed by atoms with Gasteiger partial charge in [-0.25, -0.2) is 8.42 Å². The summed E-state index contributed by atoms with van der Waals surface area (Å²) < 4.78 is 37.6. The van der Waals surface area contributed by atoms with E-state index in [4.69, 9.17) is 9.47 Å². The van der Waals surface area contributed by atoms with Gasteiger partial charge in [-0.15, -0.1) is 0 Å². The van der Waals surface area contributed by atoms with Crippen molar-refractivity contribution in [3.63, 3.8) is 0 Å². The van der Waals surface area contributed by atoms with Gasteiger partial charge in [0.25, 0.3) is 10.0 Å². The molecule has 3 aromatic carbocycles. The van der Waals surface area contributed by atoms with Crippen LogP contribution in [0.1, 0.15) is 12.5 Å². The van der Waals surface area contributed by atoms with E-state index in [-0.39, 0.29) is 24.7 Å². The number of benzene rings is 3.